The smallest absolute Gasteiger partial charge is 0.220 e. The van der Waals surface area contributed by atoms with Crippen LogP contribution in [0.2, 0.25) is 0 Å². The second-order valence-corrected chi connectivity index (χ2v) is 8.33. The molecule has 1 aromatic rings. The van der Waals surface area contributed by atoms with E-state index >= 15 is 0 Å². The Hall–Kier alpha value is -0.920. The van der Waals surface area contributed by atoms with E-state index in [1.165, 1.54) is 4.88 Å². The molecule has 0 aliphatic carbocycles. The van der Waals surface area contributed by atoms with Crippen LogP contribution in [-0.4, -0.2) is 44.0 Å². The molecule has 1 aliphatic heterocycles. The van der Waals surface area contributed by atoms with Crippen molar-refractivity contribution in [3.05, 3.63) is 22.4 Å². The van der Waals surface area contributed by atoms with Gasteiger partial charge in [0, 0.05) is 30.9 Å². The SMILES string of the molecule is O=C(CCc1cccs1)NCCCN1CCCCS1(=O)=O. The summed E-state index contributed by atoms with van der Waals surface area (Å²) >= 11 is 1.66. The summed E-state index contributed by atoms with van der Waals surface area (Å²) < 4.78 is 25.1. The first-order valence-electron chi connectivity index (χ1n) is 7.35. The van der Waals surface area contributed by atoms with Gasteiger partial charge in [0.25, 0.3) is 0 Å². The van der Waals surface area contributed by atoms with Crippen molar-refractivity contribution in [2.45, 2.75) is 32.1 Å². The zero-order valence-corrected chi connectivity index (χ0v) is 13.7. The predicted octanol–water partition coefficient (Wildman–Crippen LogP) is 1.61. The van der Waals surface area contributed by atoms with Crippen LogP contribution in [0.15, 0.2) is 17.5 Å². The largest absolute Gasteiger partial charge is 0.356 e. The molecule has 0 bridgehead atoms. The van der Waals surface area contributed by atoms with Gasteiger partial charge in [-0.25, -0.2) is 12.7 Å². The van der Waals surface area contributed by atoms with Gasteiger partial charge in [0.2, 0.25) is 15.9 Å². The number of carbonyl (C=O) groups excluding carboxylic acids is 1. The highest BCUT2D eigenvalue weighted by Gasteiger charge is 2.24. The number of aryl methyl sites for hydroxylation is 1. The van der Waals surface area contributed by atoms with Gasteiger partial charge in [0.05, 0.1) is 5.75 Å². The van der Waals surface area contributed by atoms with Crippen molar-refractivity contribution in [1.29, 1.82) is 0 Å². The molecule has 1 fully saturated rings. The predicted molar refractivity (Wildman–Crippen MR) is 84.9 cm³/mol. The summed E-state index contributed by atoms with van der Waals surface area (Å²) in [7, 11) is -3.04. The van der Waals surface area contributed by atoms with Crippen LogP contribution >= 0.6 is 11.3 Å². The van der Waals surface area contributed by atoms with Crippen LogP contribution < -0.4 is 5.32 Å². The molecule has 2 rings (SSSR count). The molecule has 0 radical (unpaired) electrons. The van der Waals surface area contributed by atoms with Gasteiger partial charge in [-0.15, -0.1) is 11.3 Å². The lowest BCUT2D eigenvalue weighted by Gasteiger charge is -2.26. The number of sulfonamides is 1. The van der Waals surface area contributed by atoms with Crippen molar-refractivity contribution in [3.63, 3.8) is 0 Å². The maximum absolute atomic E-state index is 11.8. The van der Waals surface area contributed by atoms with Gasteiger partial charge in [-0.3, -0.25) is 4.79 Å². The van der Waals surface area contributed by atoms with Gasteiger partial charge in [-0.1, -0.05) is 6.07 Å². The van der Waals surface area contributed by atoms with E-state index in [0.717, 1.165) is 19.3 Å². The first kappa shape index (κ1) is 16.5. The lowest BCUT2D eigenvalue weighted by Crippen LogP contribution is -2.39. The number of nitrogens with zero attached hydrogens (tertiary/aromatic N) is 1. The van der Waals surface area contributed by atoms with Crippen LogP contribution in [0.5, 0.6) is 0 Å². The maximum atomic E-state index is 11.8. The second kappa shape index (κ2) is 7.91. The zero-order valence-electron chi connectivity index (χ0n) is 12.1. The molecule has 2 heterocycles. The normalized spacial score (nSPS) is 18.5. The lowest BCUT2D eigenvalue weighted by molar-refractivity contribution is -0.121. The average Bonchev–Trinajstić information content (AvgIpc) is 2.96. The van der Waals surface area contributed by atoms with E-state index in [1.807, 2.05) is 17.5 Å². The van der Waals surface area contributed by atoms with E-state index < -0.39 is 10.0 Å². The van der Waals surface area contributed by atoms with Gasteiger partial charge in [0.1, 0.15) is 0 Å². The fraction of sp³-hybridized carbons (Fsp3) is 0.643. The quantitative estimate of drug-likeness (QED) is 0.773. The molecule has 118 valence electrons. The lowest BCUT2D eigenvalue weighted by atomic mass is 10.2. The van der Waals surface area contributed by atoms with E-state index in [9.17, 15) is 13.2 Å². The molecule has 0 saturated carbocycles. The van der Waals surface area contributed by atoms with Crippen LogP contribution in [-0.2, 0) is 21.2 Å². The van der Waals surface area contributed by atoms with Crippen LogP contribution in [0, 0.1) is 0 Å². The number of thiophene rings is 1. The van der Waals surface area contributed by atoms with Crippen molar-refractivity contribution >= 4 is 27.3 Å². The minimum absolute atomic E-state index is 0.0323. The Morgan fingerprint density at radius 3 is 2.95 bits per heavy atom. The zero-order chi connectivity index (χ0) is 15.1. The number of nitrogens with one attached hydrogen (secondary N) is 1. The molecule has 21 heavy (non-hydrogen) atoms. The van der Waals surface area contributed by atoms with Crippen molar-refractivity contribution in [1.82, 2.24) is 9.62 Å². The van der Waals surface area contributed by atoms with Crippen LogP contribution in [0.1, 0.15) is 30.6 Å². The highest BCUT2D eigenvalue weighted by molar-refractivity contribution is 7.89. The Morgan fingerprint density at radius 1 is 1.38 bits per heavy atom. The summed E-state index contributed by atoms with van der Waals surface area (Å²) in [5.41, 5.74) is 0. The van der Waals surface area contributed by atoms with Gasteiger partial charge in [-0.2, -0.15) is 0 Å². The van der Waals surface area contributed by atoms with Crippen molar-refractivity contribution in [2.75, 3.05) is 25.4 Å². The van der Waals surface area contributed by atoms with Crippen molar-refractivity contribution < 1.29 is 13.2 Å². The average molecular weight is 330 g/mol. The molecule has 0 atom stereocenters. The number of hydrogen-bond donors (Lipinski definition) is 1. The Kier molecular flexibility index (Phi) is 6.20. The molecule has 7 heteroatoms. The molecular formula is C14H22N2O3S2. The van der Waals surface area contributed by atoms with Crippen molar-refractivity contribution in [2.24, 2.45) is 0 Å². The van der Waals surface area contributed by atoms with E-state index in [2.05, 4.69) is 5.32 Å². The monoisotopic (exact) mass is 330 g/mol. The van der Waals surface area contributed by atoms with Gasteiger partial charge >= 0.3 is 0 Å². The summed E-state index contributed by atoms with van der Waals surface area (Å²) in [6.07, 6.45) is 3.63. The standard InChI is InChI=1S/C14H22N2O3S2/c17-14(7-6-13-5-3-11-20-13)15-8-4-10-16-9-1-2-12-21(16,18)19/h3,5,11H,1-2,4,6-10,12H2,(H,15,17). The van der Waals surface area contributed by atoms with Crippen LogP contribution in [0.25, 0.3) is 0 Å². The Balaban J connectivity index is 1.59. The van der Waals surface area contributed by atoms with Crippen LogP contribution in [0.3, 0.4) is 0 Å². The van der Waals surface area contributed by atoms with E-state index in [-0.39, 0.29) is 11.7 Å². The topological polar surface area (TPSA) is 66.5 Å². The first-order chi connectivity index (χ1) is 10.1. The molecule has 1 N–H and O–H groups in total. The summed E-state index contributed by atoms with van der Waals surface area (Å²) in [4.78, 5) is 12.9. The molecule has 0 aromatic carbocycles. The third-order valence-electron chi connectivity index (χ3n) is 3.54. The summed E-state index contributed by atoms with van der Waals surface area (Å²) in [6.45, 7) is 1.66. The maximum Gasteiger partial charge on any atom is 0.220 e. The Labute approximate surface area is 130 Å². The Morgan fingerprint density at radius 2 is 2.24 bits per heavy atom. The summed E-state index contributed by atoms with van der Waals surface area (Å²) in [5, 5.41) is 4.86. The Bertz CT molecular complexity index is 541. The third kappa shape index (κ3) is 5.41. The van der Waals surface area contributed by atoms with Crippen LogP contribution in [0.4, 0.5) is 0 Å². The highest BCUT2D eigenvalue weighted by atomic mass is 32.2. The number of rotatable bonds is 7. The van der Waals surface area contributed by atoms with Gasteiger partial charge in [-0.05, 0) is 37.1 Å². The molecule has 1 aliphatic rings. The molecule has 0 spiro atoms. The van der Waals surface area contributed by atoms with E-state index in [4.69, 9.17) is 0 Å². The molecule has 1 amide bonds. The van der Waals surface area contributed by atoms with E-state index in [0.29, 0.717) is 32.5 Å². The minimum Gasteiger partial charge on any atom is -0.356 e. The van der Waals surface area contributed by atoms with E-state index in [1.54, 1.807) is 15.6 Å². The number of amides is 1. The molecule has 5 nitrogen and oxygen atoms in total. The highest BCUT2D eigenvalue weighted by Crippen LogP contribution is 2.13. The summed E-state index contributed by atoms with van der Waals surface area (Å²) in [6, 6.07) is 4.01. The molecule has 0 unspecified atom stereocenters. The van der Waals surface area contributed by atoms with Crippen molar-refractivity contribution in [3.8, 4) is 0 Å². The van der Waals surface area contributed by atoms with Gasteiger partial charge < -0.3 is 5.32 Å². The van der Waals surface area contributed by atoms with Gasteiger partial charge in [0.15, 0.2) is 0 Å². The molecular weight excluding hydrogens is 308 g/mol. The minimum atomic E-state index is -3.04. The number of carbonyl (C=O) groups is 1. The molecule has 1 saturated heterocycles. The third-order valence-corrected chi connectivity index (χ3v) is 6.43. The second-order valence-electron chi connectivity index (χ2n) is 5.21. The fourth-order valence-electron chi connectivity index (χ4n) is 2.35. The fourth-order valence-corrected chi connectivity index (χ4v) is 4.71. The summed E-state index contributed by atoms with van der Waals surface area (Å²) in [5.74, 6) is 0.296. The molecule has 1 aromatic heterocycles. The number of hydrogen-bond acceptors (Lipinski definition) is 4. The first-order valence-corrected chi connectivity index (χ1v) is 9.84.